The van der Waals surface area contributed by atoms with Gasteiger partial charge in [0.1, 0.15) is 6.04 Å². The third-order valence-corrected chi connectivity index (χ3v) is 3.49. The number of nitrogens with zero attached hydrogens (tertiary/aromatic N) is 2. The molecule has 0 rings (SSSR count). The minimum Gasteiger partial charge on any atom is -0.461 e. The number of ketones is 1. The minimum absolute atomic E-state index is 0.00258. The fraction of sp³-hybridized carbons (Fsp3) is 0.706. The normalized spacial score (nSPS) is 12.5. The van der Waals surface area contributed by atoms with Crippen molar-refractivity contribution in [2.45, 2.75) is 71.1 Å². The molecule has 0 aliphatic carbocycles. The van der Waals surface area contributed by atoms with Crippen molar-refractivity contribution in [2.75, 3.05) is 6.54 Å². The number of hydrogen-bond donors (Lipinski definition) is 3. The van der Waals surface area contributed by atoms with Crippen molar-refractivity contribution in [3.05, 3.63) is 5.53 Å². The highest BCUT2D eigenvalue weighted by molar-refractivity contribution is 6.25. The van der Waals surface area contributed by atoms with E-state index in [1.165, 1.54) is 6.92 Å². The van der Waals surface area contributed by atoms with Gasteiger partial charge in [0, 0.05) is 19.9 Å². The Bertz CT molecular complexity index is 572. The molecule has 0 saturated carbocycles. The molecule has 27 heavy (non-hydrogen) atoms. The van der Waals surface area contributed by atoms with E-state index in [0.29, 0.717) is 25.8 Å². The average molecular weight is 383 g/mol. The van der Waals surface area contributed by atoms with E-state index in [2.05, 4.69) is 15.4 Å². The molecule has 0 aromatic rings. The second-order valence-corrected chi connectivity index (χ2v) is 6.38. The number of ether oxygens (including phenoxy) is 1. The van der Waals surface area contributed by atoms with E-state index in [1.54, 1.807) is 13.8 Å². The van der Waals surface area contributed by atoms with Crippen LogP contribution in [0.1, 0.15) is 52.9 Å². The summed E-state index contributed by atoms with van der Waals surface area (Å²) in [6.07, 6.45) is 1.93. The van der Waals surface area contributed by atoms with Crippen LogP contribution in [0.2, 0.25) is 0 Å². The van der Waals surface area contributed by atoms with Crippen LogP contribution >= 0.6 is 0 Å². The Morgan fingerprint density at radius 3 is 2.41 bits per heavy atom. The predicted molar refractivity (Wildman–Crippen MR) is 97.6 cm³/mol. The standard InChI is InChI=1S/C17H29N5O5/c1-11(2)27-17(26)15(8-7-13(24)10-21-19)22-16(25)14(18)6-4-5-9-20-12(3)23/h10-11,14-15H,4-9,18H2,1-3H3,(H,20,23)(H,22,25). The first kappa shape index (κ1) is 24.4. The van der Waals surface area contributed by atoms with Gasteiger partial charge >= 0.3 is 12.2 Å². The Hall–Kier alpha value is -2.58. The molecule has 0 heterocycles. The first-order valence-corrected chi connectivity index (χ1v) is 8.88. The summed E-state index contributed by atoms with van der Waals surface area (Å²) in [5.41, 5.74) is 14.2. The molecule has 4 N–H and O–H groups in total. The summed E-state index contributed by atoms with van der Waals surface area (Å²) in [6, 6.07) is -1.85. The second kappa shape index (κ2) is 13.6. The highest BCUT2D eigenvalue weighted by atomic mass is 16.5. The Morgan fingerprint density at radius 2 is 1.85 bits per heavy atom. The number of unbranched alkanes of at least 4 members (excludes halogenated alkanes) is 1. The molecule has 10 nitrogen and oxygen atoms in total. The third kappa shape index (κ3) is 12.4. The van der Waals surface area contributed by atoms with E-state index in [9.17, 15) is 19.2 Å². The quantitative estimate of drug-likeness (QED) is 0.130. The van der Waals surface area contributed by atoms with Crippen LogP contribution in [-0.4, -0.2) is 59.3 Å². The molecular weight excluding hydrogens is 354 g/mol. The maximum absolute atomic E-state index is 12.2. The molecule has 2 atom stereocenters. The van der Waals surface area contributed by atoms with Crippen molar-refractivity contribution in [3.63, 3.8) is 0 Å². The van der Waals surface area contributed by atoms with E-state index in [4.69, 9.17) is 16.0 Å². The number of carbonyl (C=O) groups is 4. The zero-order valence-electron chi connectivity index (χ0n) is 16.1. The molecule has 0 fully saturated rings. The number of Topliss-reactive ketones (excluding diaryl/α,β-unsaturated/α-hetero) is 1. The summed E-state index contributed by atoms with van der Waals surface area (Å²) >= 11 is 0. The lowest BCUT2D eigenvalue weighted by atomic mass is 10.1. The number of nitrogens with two attached hydrogens (primary N) is 1. The van der Waals surface area contributed by atoms with Crippen LogP contribution in [0, 0.1) is 0 Å². The molecule has 0 saturated heterocycles. The molecule has 10 heteroatoms. The third-order valence-electron chi connectivity index (χ3n) is 3.49. The number of carbonyl (C=O) groups excluding carboxylic acids is 4. The van der Waals surface area contributed by atoms with Gasteiger partial charge in [0.2, 0.25) is 17.6 Å². The van der Waals surface area contributed by atoms with Gasteiger partial charge < -0.3 is 26.6 Å². The van der Waals surface area contributed by atoms with Gasteiger partial charge in [-0.05, 0) is 39.5 Å². The zero-order chi connectivity index (χ0) is 20.8. The van der Waals surface area contributed by atoms with Gasteiger partial charge in [-0.15, -0.1) is 0 Å². The van der Waals surface area contributed by atoms with Crippen LogP contribution in [0.25, 0.3) is 5.53 Å². The van der Waals surface area contributed by atoms with E-state index in [1.807, 2.05) is 0 Å². The highest BCUT2D eigenvalue weighted by Gasteiger charge is 2.26. The summed E-state index contributed by atoms with van der Waals surface area (Å²) < 4.78 is 5.09. The number of hydrogen-bond acceptors (Lipinski definition) is 6. The second-order valence-electron chi connectivity index (χ2n) is 6.38. The number of amides is 2. The summed E-state index contributed by atoms with van der Waals surface area (Å²) in [7, 11) is 0. The first-order chi connectivity index (χ1) is 12.7. The average Bonchev–Trinajstić information content (AvgIpc) is 2.57. The molecule has 2 amide bonds. The minimum atomic E-state index is -1.03. The monoisotopic (exact) mass is 383 g/mol. The molecule has 0 aliphatic rings. The summed E-state index contributed by atoms with van der Waals surface area (Å²) in [5.74, 6) is -1.80. The molecule has 0 aromatic heterocycles. The number of rotatable bonds is 13. The van der Waals surface area contributed by atoms with Crippen LogP contribution in [0.3, 0.4) is 0 Å². The lowest BCUT2D eigenvalue weighted by Crippen LogP contribution is -2.49. The molecule has 0 bridgehead atoms. The number of esters is 1. The lowest BCUT2D eigenvalue weighted by Gasteiger charge is -2.20. The molecule has 0 radical (unpaired) electrons. The Morgan fingerprint density at radius 1 is 1.19 bits per heavy atom. The molecular formula is C17H29N5O5. The zero-order valence-corrected chi connectivity index (χ0v) is 16.1. The first-order valence-electron chi connectivity index (χ1n) is 8.88. The lowest BCUT2D eigenvalue weighted by molar-refractivity contribution is -0.151. The van der Waals surface area contributed by atoms with Gasteiger partial charge in [0.05, 0.1) is 12.1 Å². The van der Waals surface area contributed by atoms with Gasteiger partial charge in [-0.25, -0.2) is 4.79 Å². The van der Waals surface area contributed by atoms with Crippen LogP contribution in [0.4, 0.5) is 0 Å². The SMILES string of the molecule is CC(=O)NCCCCC(N)C(=O)NC(CCC(=O)C=[N+]=[N-])C(=O)OC(C)C. The van der Waals surface area contributed by atoms with Crippen molar-refractivity contribution >= 4 is 29.8 Å². The number of nitrogens with one attached hydrogen (secondary N) is 2. The summed E-state index contributed by atoms with van der Waals surface area (Å²) in [6.45, 7) is 5.26. The highest BCUT2D eigenvalue weighted by Crippen LogP contribution is 2.05. The van der Waals surface area contributed by atoms with Crippen LogP contribution in [-0.2, 0) is 23.9 Å². The Labute approximate surface area is 158 Å². The van der Waals surface area contributed by atoms with Gasteiger partial charge in [-0.2, -0.15) is 4.79 Å². The van der Waals surface area contributed by atoms with Crippen molar-refractivity contribution in [1.29, 1.82) is 0 Å². The predicted octanol–water partition coefficient (Wildman–Crippen LogP) is -0.294. The van der Waals surface area contributed by atoms with E-state index < -0.39 is 29.7 Å². The molecule has 152 valence electrons. The Balaban J connectivity index is 4.60. The molecule has 2 unspecified atom stereocenters. The Kier molecular flexibility index (Phi) is 12.3. The fourth-order valence-electron chi connectivity index (χ4n) is 2.14. The smallest absolute Gasteiger partial charge is 0.328 e. The van der Waals surface area contributed by atoms with Crippen molar-refractivity contribution in [2.24, 2.45) is 5.73 Å². The van der Waals surface area contributed by atoms with Crippen LogP contribution < -0.4 is 16.4 Å². The van der Waals surface area contributed by atoms with Gasteiger partial charge in [0.15, 0.2) is 0 Å². The van der Waals surface area contributed by atoms with Crippen LogP contribution in [0.15, 0.2) is 0 Å². The van der Waals surface area contributed by atoms with E-state index >= 15 is 0 Å². The summed E-state index contributed by atoms with van der Waals surface area (Å²) in [4.78, 5) is 49.2. The maximum Gasteiger partial charge on any atom is 0.328 e. The molecule has 0 aromatic carbocycles. The van der Waals surface area contributed by atoms with Gasteiger partial charge in [0.25, 0.3) is 0 Å². The van der Waals surface area contributed by atoms with Gasteiger partial charge in [-0.1, -0.05) is 0 Å². The van der Waals surface area contributed by atoms with Crippen LogP contribution in [0.5, 0.6) is 0 Å². The fourth-order valence-corrected chi connectivity index (χ4v) is 2.14. The van der Waals surface area contributed by atoms with E-state index in [-0.39, 0.29) is 24.9 Å². The van der Waals surface area contributed by atoms with Crippen molar-refractivity contribution in [1.82, 2.24) is 10.6 Å². The maximum atomic E-state index is 12.2. The van der Waals surface area contributed by atoms with Gasteiger partial charge in [-0.3, -0.25) is 14.4 Å². The largest absolute Gasteiger partial charge is 0.461 e. The molecule has 0 spiro atoms. The topological polar surface area (TPSA) is 164 Å². The van der Waals surface area contributed by atoms with E-state index in [0.717, 1.165) is 6.21 Å². The summed E-state index contributed by atoms with van der Waals surface area (Å²) in [5, 5.41) is 5.16. The van der Waals surface area contributed by atoms with Crippen molar-refractivity contribution < 1.29 is 28.7 Å². The van der Waals surface area contributed by atoms with Crippen molar-refractivity contribution in [3.8, 4) is 0 Å². The molecule has 0 aliphatic heterocycles.